The maximum atomic E-state index is 13.2. The summed E-state index contributed by atoms with van der Waals surface area (Å²) in [4.78, 5) is 1.11. The van der Waals surface area contributed by atoms with Crippen molar-refractivity contribution in [2.24, 2.45) is 0 Å². The van der Waals surface area contributed by atoms with Crippen LogP contribution in [0.5, 0.6) is 5.75 Å². The molecule has 0 aliphatic heterocycles. The second kappa shape index (κ2) is 6.84. The fraction of sp³-hybridized carbons (Fsp3) is 0.231. The largest absolute Gasteiger partial charge is 0.489 e. The smallest absolute Gasteiger partial charge is 0.200 e. The summed E-state index contributed by atoms with van der Waals surface area (Å²) in [7, 11) is 0. The number of nitrogens with one attached hydrogen (secondary N) is 1. The van der Waals surface area contributed by atoms with E-state index in [2.05, 4.69) is 5.32 Å². The van der Waals surface area contributed by atoms with Crippen molar-refractivity contribution in [1.29, 1.82) is 0 Å². The van der Waals surface area contributed by atoms with Crippen LogP contribution >= 0.6 is 22.9 Å². The van der Waals surface area contributed by atoms with Gasteiger partial charge in [-0.25, -0.2) is 4.39 Å². The van der Waals surface area contributed by atoms with Gasteiger partial charge in [-0.1, -0.05) is 17.7 Å². The molecule has 1 N–H and O–H groups in total. The second-order valence-electron chi connectivity index (χ2n) is 3.78. The topological polar surface area (TPSA) is 21.3 Å². The zero-order valence-corrected chi connectivity index (χ0v) is 11.5. The summed E-state index contributed by atoms with van der Waals surface area (Å²) in [5, 5.41) is 3.13. The van der Waals surface area contributed by atoms with E-state index in [0.717, 1.165) is 15.3 Å². The summed E-state index contributed by atoms with van der Waals surface area (Å²) < 4.78 is 32.0. The van der Waals surface area contributed by atoms with Gasteiger partial charge in [-0.15, -0.1) is 11.3 Å². The third-order valence-corrected chi connectivity index (χ3v) is 3.61. The van der Waals surface area contributed by atoms with E-state index in [1.807, 2.05) is 12.1 Å². The first kappa shape index (κ1) is 14.2. The Bertz CT molecular complexity index is 547. The molecule has 2 rings (SSSR count). The lowest BCUT2D eigenvalue weighted by atomic mass is 10.3. The molecule has 0 bridgehead atoms. The number of halogens is 3. The van der Waals surface area contributed by atoms with Crippen LogP contribution < -0.4 is 10.1 Å². The monoisotopic (exact) mass is 303 g/mol. The summed E-state index contributed by atoms with van der Waals surface area (Å²) in [5.41, 5.74) is 0. The number of rotatable bonds is 6. The van der Waals surface area contributed by atoms with Crippen LogP contribution in [-0.4, -0.2) is 13.2 Å². The Labute approximate surface area is 119 Å². The van der Waals surface area contributed by atoms with E-state index in [1.165, 1.54) is 23.5 Å². The molecule has 2 nitrogen and oxygen atoms in total. The molecule has 2 aromatic rings. The van der Waals surface area contributed by atoms with Crippen molar-refractivity contribution >= 4 is 22.9 Å². The molecule has 102 valence electrons. The van der Waals surface area contributed by atoms with E-state index in [9.17, 15) is 8.78 Å². The Kier molecular flexibility index (Phi) is 5.13. The van der Waals surface area contributed by atoms with Crippen molar-refractivity contribution in [2.75, 3.05) is 13.2 Å². The van der Waals surface area contributed by atoms with Crippen LogP contribution in [0.2, 0.25) is 4.34 Å². The summed E-state index contributed by atoms with van der Waals surface area (Å²) in [6, 6.07) is 7.64. The first-order valence-electron chi connectivity index (χ1n) is 5.68. The molecule has 0 saturated carbocycles. The number of thiophene rings is 1. The standard InChI is InChI=1S/C13H12ClF2NOS/c14-12-5-4-9(19-12)8-17-6-7-18-11-3-1-2-10(15)13(11)16/h1-5,17H,6-8H2. The minimum absolute atomic E-state index is 0.0685. The molecular weight excluding hydrogens is 292 g/mol. The summed E-state index contributed by atoms with van der Waals surface area (Å²) in [5.74, 6) is -1.92. The third-order valence-electron chi connectivity index (χ3n) is 2.38. The zero-order chi connectivity index (χ0) is 13.7. The first-order valence-corrected chi connectivity index (χ1v) is 6.88. The molecule has 0 unspecified atom stereocenters. The number of ether oxygens (including phenoxy) is 1. The van der Waals surface area contributed by atoms with Crippen LogP contribution in [0.4, 0.5) is 8.78 Å². The highest BCUT2D eigenvalue weighted by Gasteiger charge is 2.07. The Balaban J connectivity index is 1.71. The highest BCUT2D eigenvalue weighted by atomic mass is 35.5. The SMILES string of the molecule is Fc1cccc(OCCNCc2ccc(Cl)s2)c1F. The highest BCUT2D eigenvalue weighted by Crippen LogP contribution is 2.21. The zero-order valence-electron chi connectivity index (χ0n) is 9.96. The molecule has 0 radical (unpaired) electrons. The summed E-state index contributed by atoms with van der Waals surface area (Å²) >= 11 is 7.30. The van der Waals surface area contributed by atoms with Crippen molar-refractivity contribution in [3.8, 4) is 5.75 Å². The fourth-order valence-electron chi connectivity index (χ4n) is 1.49. The van der Waals surface area contributed by atoms with E-state index in [-0.39, 0.29) is 12.4 Å². The second-order valence-corrected chi connectivity index (χ2v) is 5.58. The van der Waals surface area contributed by atoms with E-state index in [0.29, 0.717) is 13.1 Å². The van der Waals surface area contributed by atoms with Gasteiger partial charge in [-0.3, -0.25) is 0 Å². The molecule has 0 amide bonds. The van der Waals surface area contributed by atoms with Crippen molar-refractivity contribution in [2.45, 2.75) is 6.54 Å². The van der Waals surface area contributed by atoms with Crippen molar-refractivity contribution in [3.63, 3.8) is 0 Å². The van der Waals surface area contributed by atoms with Gasteiger partial charge in [0.25, 0.3) is 0 Å². The van der Waals surface area contributed by atoms with E-state index >= 15 is 0 Å². The number of hydrogen-bond donors (Lipinski definition) is 1. The fourth-order valence-corrected chi connectivity index (χ4v) is 2.54. The third kappa shape index (κ3) is 4.16. The Morgan fingerprint density at radius 2 is 2.05 bits per heavy atom. The van der Waals surface area contributed by atoms with Crippen molar-refractivity contribution in [1.82, 2.24) is 5.32 Å². The summed E-state index contributed by atoms with van der Waals surface area (Å²) in [6.07, 6.45) is 0. The van der Waals surface area contributed by atoms with Crippen molar-refractivity contribution in [3.05, 3.63) is 51.2 Å². The molecule has 1 aromatic carbocycles. The molecule has 1 heterocycles. The predicted molar refractivity (Wildman–Crippen MR) is 72.9 cm³/mol. The van der Waals surface area contributed by atoms with E-state index < -0.39 is 11.6 Å². The van der Waals surface area contributed by atoms with Crippen molar-refractivity contribution < 1.29 is 13.5 Å². The molecule has 0 aliphatic carbocycles. The van der Waals surface area contributed by atoms with Crippen LogP contribution in [-0.2, 0) is 6.54 Å². The minimum atomic E-state index is -0.951. The van der Waals surface area contributed by atoms with Crippen LogP contribution in [0.25, 0.3) is 0 Å². The molecule has 0 fully saturated rings. The Hall–Kier alpha value is -1.17. The number of hydrogen-bond acceptors (Lipinski definition) is 3. The lowest BCUT2D eigenvalue weighted by Crippen LogP contribution is -2.20. The van der Waals surface area contributed by atoms with Gasteiger partial charge in [-0.2, -0.15) is 4.39 Å². The Morgan fingerprint density at radius 3 is 2.79 bits per heavy atom. The van der Waals surface area contributed by atoms with Gasteiger partial charge in [0.05, 0.1) is 4.34 Å². The molecule has 0 atom stereocenters. The van der Waals surface area contributed by atoms with Gasteiger partial charge in [0.2, 0.25) is 5.82 Å². The molecule has 1 aromatic heterocycles. The lowest BCUT2D eigenvalue weighted by molar-refractivity contribution is 0.293. The Morgan fingerprint density at radius 1 is 1.21 bits per heavy atom. The van der Waals surface area contributed by atoms with Crippen LogP contribution in [0.3, 0.4) is 0 Å². The quantitative estimate of drug-likeness (QED) is 0.819. The van der Waals surface area contributed by atoms with Gasteiger partial charge in [0, 0.05) is 18.0 Å². The highest BCUT2D eigenvalue weighted by molar-refractivity contribution is 7.16. The first-order chi connectivity index (χ1) is 9.16. The average molecular weight is 304 g/mol. The maximum absolute atomic E-state index is 13.2. The predicted octanol–water partition coefficient (Wildman–Crippen LogP) is 3.85. The normalized spacial score (nSPS) is 10.7. The molecule has 0 spiro atoms. The van der Waals surface area contributed by atoms with E-state index in [4.69, 9.17) is 16.3 Å². The molecule has 0 saturated heterocycles. The average Bonchev–Trinajstić information content (AvgIpc) is 2.80. The molecule has 6 heteroatoms. The van der Waals surface area contributed by atoms with Gasteiger partial charge in [0.1, 0.15) is 6.61 Å². The minimum Gasteiger partial charge on any atom is -0.489 e. The molecule has 0 aliphatic rings. The van der Waals surface area contributed by atoms with Crippen LogP contribution in [0.15, 0.2) is 30.3 Å². The molecule has 19 heavy (non-hydrogen) atoms. The number of benzene rings is 1. The lowest BCUT2D eigenvalue weighted by Gasteiger charge is -2.08. The van der Waals surface area contributed by atoms with E-state index in [1.54, 1.807) is 0 Å². The maximum Gasteiger partial charge on any atom is 0.200 e. The molecular formula is C13H12ClF2NOS. The van der Waals surface area contributed by atoms with Gasteiger partial charge >= 0.3 is 0 Å². The van der Waals surface area contributed by atoms with Crippen LogP contribution in [0, 0.1) is 11.6 Å². The summed E-state index contributed by atoms with van der Waals surface area (Å²) in [6.45, 7) is 1.47. The van der Waals surface area contributed by atoms with Crippen LogP contribution in [0.1, 0.15) is 4.88 Å². The van der Waals surface area contributed by atoms with Gasteiger partial charge < -0.3 is 10.1 Å². The van der Waals surface area contributed by atoms with Gasteiger partial charge in [0.15, 0.2) is 11.6 Å². The van der Waals surface area contributed by atoms with Gasteiger partial charge in [-0.05, 0) is 24.3 Å².